The minimum atomic E-state index is 0.0763. The van der Waals surface area contributed by atoms with Crippen LogP contribution >= 0.6 is 0 Å². The lowest BCUT2D eigenvalue weighted by atomic mass is 9.97. The number of hydrogen-bond donors (Lipinski definition) is 1. The summed E-state index contributed by atoms with van der Waals surface area (Å²) in [4.78, 5) is 13.9. The number of likely N-dealkylation sites (tertiary alicyclic amines) is 1. The summed E-state index contributed by atoms with van der Waals surface area (Å²) in [7, 11) is 0. The molecule has 1 fully saturated rings. The van der Waals surface area contributed by atoms with Gasteiger partial charge in [-0.3, -0.25) is 4.79 Å². The van der Waals surface area contributed by atoms with Crippen LogP contribution in [0.1, 0.15) is 19.3 Å². The van der Waals surface area contributed by atoms with Crippen molar-refractivity contribution in [2.24, 2.45) is 5.92 Å². The first-order valence-corrected chi connectivity index (χ1v) is 5.76. The van der Waals surface area contributed by atoms with E-state index in [9.17, 15) is 4.79 Å². The molecule has 0 saturated carbocycles. The molecule has 1 heterocycles. The maximum atomic E-state index is 11.7. The number of nitrogens with zero attached hydrogens (tertiary/aromatic N) is 2. The van der Waals surface area contributed by atoms with Gasteiger partial charge in [0.15, 0.2) is 0 Å². The summed E-state index contributed by atoms with van der Waals surface area (Å²) in [6.45, 7) is 6.68. The van der Waals surface area contributed by atoms with E-state index in [1.165, 1.54) is 0 Å². The lowest BCUT2D eigenvalue weighted by Crippen LogP contribution is -2.43. The highest BCUT2D eigenvalue weighted by molar-refractivity contribution is 5.79. The van der Waals surface area contributed by atoms with Crippen molar-refractivity contribution in [1.82, 2.24) is 10.2 Å². The maximum Gasteiger partial charge on any atom is 0.224 e. The average molecular weight is 221 g/mol. The molecule has 4 heteroatoms. The van der Waals surface area contributed by atoms with Crippen molar-refractivity contribution in [2.45, 2.75) is 19.3 Å². The number of carbonyl (C=O) groups excluding carboxylic acids is 1. The molecule has 1 N–H and O–H groups in total. The highest BCUT2D eigenvalue weighted by Gasteiger charge is 2.24. The van der Waals surface area contributed by atoms with E-state index in [1.807, 2.05) is 0 Å². The number of carbonyl (C=O) groups is 1. The van der Waals surface area contributed by atoms with Gasteiger partial charge in [-0.2, -0.15) is 5.26 Å². The van der Waals surface area contributed by atoms with Crippen molar-refractivity contribution in [3.8, 4) is 6.07 Å². The Morgan fingerprint density at radius 3 is 3.19 bits per heavy atom. The molecule has 1 aliphatic heterocycles. The van der Waals surface area contributed by atoms with Crippen molar-refractivity contribution >= 4 is 5.91 Å². The fourth-order valence-corrected chi connectivity index (χ4v) is 2.00. The van der Waals surface area contributed by atoms with Crippen molar-refractivity contribution in [1.29, 1.82) is 5.26 Å². The van der Waals surface area contributed by atoms with Crippen LogP contribution in [0.2, 0.25) is 0 Å². The van der Waals surface area contributed by atoms with Crippen LogP contribution in [0.5, 0.6) is 0 Å². The molecule has 0 aromatic heterocycles. The summed E-state index contributed by atoms with van der Waals surface area (Å²) in [5.41, 5.74) is 0. The van der Waals surface area contributed by atoms with Crippen LogP contribution in [0.3, 0.4) is 0 Å². The zero-order valence-corrected chi connectivity index (χ0v) is 9.61. The van der Waals surface area contributed by atoms with Gasteiger partial charge in [-0.15, -0.1) is 6.58 Å². The van der Waals surface area contributed by atoms with Crippen molar-refractivity contribution < 1.29 is 4.79 Å². The minimum Gasteiger partial charge on any atom is -0.352 e. The van der Waals surface area contributed by atoms with E-state index in [4.69, 9.17) is 5.26 Å². The number of rotatable bonds is 5. The predicted molar refractivity (Wildman–Crippen MR) is 62.6 cm³/mol. The molecule has 1 saturated heterocycles. The highest BCUT2D eigenvalue weighted by Crippen LogP contribution is 2.16. The predicted octanol–water partition coefficient (Wildman–Crippen LogP) is 0.914. The SMILES string of the molecule is C=CCNC(=O)C1CCCN(CCC#N)C1. The van der Waals surface area contributed by atoms with Crippen LogP contribution in [0.25, 0.3) is 0 Å². The molecule has 0 bridgehead atoms. The average Bonchev–Trinajstić information content (AvgIpc) is 2.33. The quantitative estimate of drug-likeness (QED) is 0.702. The third-order valence-corrected chi connectivity index (χ3v) is 2.84. The van der Waals surface area contributed by atoms with Crippen molar-refractivity contribution in [2.75, 3.05) is 26.2 Å². The zero-order chi connectivity index (χ0) is 11.8. The number of piperidine rings is 1. The second kappa shape index (κ2) is 7.02. The number of amides is 1. The largest absolute Gasteiger partial charge is 0.352 e. The van der Waals surface area contributed by atoms with Gasteiger partial charge in [0.2, 0.25) is 5.91 Å². The van der Waals surface area contributed by atoms with E-state index >= 15 is 0 Å². The van der Waals surface area contributed by atoms with Gasteiger partial charge in [-0.25, -0.2) is 0 Å². The Morgan fingerprint density at radius 2 is 2.50 bits per heavy atom. The highest BCUT2D eigenvalue weighted by atomic mass is 16.1. The monoisotopic (exact) mass is 221 g/mol. The van der Waals surface area contributed by atoms with Crippen molar-refractivity contribution in [3.63, 3.8) is 0 Å². The van der Waals surface area contributed by atoms with Crippen LogP contribution in [0, 0.1) is 17.2 Å². The first-order valence-electron chi connectivity index (χ1n) is 5.76. The molecule has 0 spiro atoms. The number of nitrogens with one attached hydrogen (secondary N) is 1. The fraction of sp³-hybridized carbons (Fsp3) is 0.667. The number of hydrogen-bond acceptors (Lipinski definition) is 3. The second-order valence-electron chi connectivity index (χ2n) is 4.08. The maximum absolute atomic E-state index is 11.7. The van der Waals surface area contributed by atoms with Crippen molar-refractivity contribution in [3.05, 3.63) is 12.7 Å². The van der Waals surface area contributed by atoms with E-state index < -0.39 is 0 Å². The van der Waals surface area contributed by atoms with E-state index in [0.717, 1.165) is 32.5 Å². The Kier molecular flexibility index (Phi) is 5.58. The van der Waals surface area contributed by atoms with Gasteiger partial charge < -0.3 is 10.2 Å². The van der Waals surface area contributed by atoms with Gasteiger partial charge in [-0.05, 0) is 19.4 Å². The molecule has 1 unspecified atom stereocenters. The van der Waals surface area contributed by atoms with E-state index in [0.29, 0.717) is 13.0 Å². The summed E-state index contributed by atoms with van der Waals surface area (Å²) >= 11 is 0. The van der Waals surface area contributed by atoms with Gasteiger partial charge in [0, 0.05) is 26.1 Å². The van der Waals surface area contributed by atoms with Gasteiger partial charge in [0.05, 0.1) is 12.0 Å². The standard InChI is InChI=1S/C12H19N3O/c1-2-7-14-12(16)11-5-3-8-15(10-11)9-4-6-13/h2,11H,1,3-5,7-10H2,(H,14,16). The summed E-state index contributed by atoms with van der Waals surface area (Å²) in [6, 6.07) is 2.14. The Morgan fingerprint density at radius 1 is 1.69 bits per heavy atom. The van der Waals surface area contributed by atoms with E-state index in [-0.39, 0.29) is 11.8 Å². The Bertz CT molecular complexity index is 282. The van der Waals surface area contributed by atoms with Crippen LogP contribution in [0.4, 0.5) is 0 Å². The fourth-order valence-electron chi connectivity index (χ4n) is 2.00. The van der Waals surface area contributed by atoms with Gasteiger partial charge >= 0.3 is 0 Å². The van der Waals surface area contributed by atoms with E-state index in [2.05, 4.69) is 22.9 Å². The van der Waals surface area contributed by atoms with E-state index in [1.54, 1.807) is 6.08 Å². The molecule has 0 aliphatic carbocycles. The first kappa shape index (κ1) is 12.7. The molecular formula is C12H19N3O. The number of nitriles is 1. The molecular weight excluding hydrogens is 202 g/mol. The van der Waals surface area contributed by atoms with Gasteiger partial charge in [0.25, 0.3) is 0 Å². The molecule has 1 aliphatic rings. The Balaban J connectivity index is 2.34. The molecule has 1 rings (SSSR count). The molecule has 0 aromatic rings. The smallest absolute Gasteiger partial charge is 0.224 e. The first-order chi connectivity index (χ1) is 7.77. The molecule has 4 nitrogen and oxygen atoms in total. The summed E-state index contributed by atoms with van der Waals surface area (Å²) < 4.78 is 0. The lowest BCUT2D eigenvalue weighted by molar-refractivity contribution is -0.126. The second-order valence-corrected chi connectivity index (χ2v) is 4.08. The van der Waals surface area contributed by atoms with Crippen LogP contribution in [-0.2, 0) is 4.79 Å². The molecule has 1 atom stereocenters. The topological polar surface area (TPSA) is 56.1 Å². The van der Waals surface area contributed by atoms with Gasteiger partial charge in [0.1, 0.15) is 0 Å². The molecule has 1 amide bonds. The molecule has 0 radical (unpaired) electrons. The Hall–Kier alpha value is -1.34. The molecule has 16 heavy (non-hydrogen) atoms. The zero-order valence-electron chi connectivity index (χ0n) is 9.61. The van der Waals surface area contributed by atoms with Gasteiger partial charge in [-0.1, -0.05) is 6.08 Å². The minimum absolute atomic E-state index is 0.0763. The normalized spacial score (nSPS) is 21.1. The molecule has 0 aromatic carbocycles. The Labute approximate surface area is 96.9 Å². The molecule has 88 valence electrons. The lowest BCUT2D eigenvalue weighted by Gasteiger charge is -2.31. The van der Waals surface area contributed by atoms with Crippen LogP contribution in [0.15, 0.2) is 12.7 Å². The third kappa shape index (κ3) is 4.03. The summed E-state index contributed by atoms with van der Waals surface area (Å²) in [5, 5.41) is 11.4. The summed E-state index contributed by atoms with van der Waals surface area (Å²) in [6.07, 6.45) is 4.22. The third-order valence-electron chi connectivity index (χ3n) is 2.84. The van der Waals surface area contributed by atoms with Crippen LogP contribution < -0.4 is 5.32 Å². The summed E-state index contributed by atoms with van der Waals surface area (Å²) in [5.74, 6) is 0.189. The van der Waals surface area contributed by atoms with Crippen LogP contribution in [-0.4, -0.2) is 37.0 Å².